The molecule has 3 aromatic carbocycles. The lowest BCUT2D eigenvalue weighted by molar-refractivity contribution is -0.360. The second-order valence-corrected chi connectivity index (χ2v) is 9.53. The monoisotopic (exact) mass is 593 g/mol. The maximum Gasteiger partial charge on any atom is 0.499 e. The highest BCUT2D eigenvalue weighted by atomic mass is 32.1. The number of aromatic nitrogens is 2. The number of alkyl halides is 5. The van der Waals surface area contributed by atoms with E-state index in [0.29, 0.717) is 11.3 Å². The van der Waals surface area contributed by atoms with Crippen LogP contribution >= 0.6 is 12.6 Å². The van der Waals surface area contributed by atoms with E-state index in [2.05, 4.69) is 57.4 Å². The second-order valence-electron chi connectivity index (χ2n) is 9.02. The fourth-order valence-electron chi connectivity index (χ4n) is 3.63. The molecule has 0 saturated heterocycles. The number of carbonyl (C=O) groups is 1. The van der Waals surface area contributed by atoms with Crippen LogP contribution in [-0.2, 0) is 0 Å². The SMILES string of the molecule is CC(C)c1ccccc1NC(S)NC(=O)Nc1ccc(-c2nnc(-c3ccc(OC(F)(F)C(F)(F)F)cc3)o2)cc1. The number of rotatable bonds is 9. The van der Waals surface area contributed by atoms with Crippen molar-refractivity contribution in [2.45, 2.75) is 37.5 Å². The number of benzene rings is 3. The normalized spacial score (nSPS) is 12.6. The molecule has 8 nitrogen and oxygen atoms in total. The van der Waals surface area contributed by atoms with Gasteiger partial charge in [0.1, 0.15) is 11.2 Å². The zero-order chi connectivity index (χ0) is 29.8. The van der Waals surface area contributed by atoms with Gasteiger partial charge in [0, 0.05) is 22.5 Å². The van der Waals surface area contributed by atoms with E-state index in [0.717, 1.165) is 23.4 Å². The third-order valence-corrected chi connectivity index (χ3v) is 5.89. The van der Waals surface area contributed by atoms with Crippen LogP contribution in [0.5, 0.6) is 5.75 Å². The Kier molecular flexibility index (Phi) is 8.71. The van der Waals surface area contributed by atoms with Gasteiger partial charge in [-0.3, -0.25) is 0 Å². The van der Waals surface area contributed by atoms with Gasteiger partial charge in [0.15, 0.2) is 0 Å². The molecule has 0 aliphatic rings. The van der Waals surface area contributed by atoms with Gasteiger partial charge in [-0.15, -0.1) is 22.8 Å². The quantitative estimate of drug-likeness (QED) is 0.0911. The summed E-state index contributed by atoms with van der Waals surface area (Å²) < 4.78 is 72.5. The fourth-order valence-corrected chi connectivity index (χ4v) is 3.89. The van der Waals surface area contributed by atoms with Crippen LogP contribution in [0.3, 0.4) is 0 Å². The predicted octanol–water partition coefficient (Wildman–Crippen LogP) is 7.51. The van der Waals surface area contributed by atoms with Crippen molar-refractivity contribution in [2.24, 2.45) is 0 Å². The largest absolute Gasteiger partial charge is 0.499 e. The molecule has 0 aliphatic heterocycles. The molecule has 0 spiro atoms. The zero-order valence-corrected chi connectivity index (χ0v) is 22.4. The van der Waals surface area contributed by atoms with Gasteiger partial charge in [0.25, 0.3) is 0 Å². The number of hydrogen-bond acceptors (Lipinski definition) is 7. The Labute approximate surface area is 236 Å². The Morgan fingerprint density at radius 2 is 1.44 bits per heavy atom. The molecule has 2 amide bonds. The standard InChI is InChI=1S/C27H24F5N5O3S/c1-15(2)20-5-3-4-6-21(20)34-25(41)35-24(38)33-18-11-7-16(8-12-18)22-36-37-23(39-22)17-9-13-19(14-10-17)40-27(31,32)26(28,29)30/h3-15,25,34,41H,1-2H3,(H2,33,35,38). The van der Waals surface area contributed by atoms with Crippen molar-refractivity contribution in [2.75, 3.05) is 10.6 Å². The average Bonchev–Trinajstić information content (AvgIpc) is 3.39. The number of urea groups is 1. The molecule has 0 saturated carbocycles. The number of amides is 2. The first-order valence-electron chi connectivity index (χ1n) is 12.1. The Balaban J connectivity index is 1.34. The number of nitrogens with zero attached hydrogens (tertiary/aromatic N) is 2. The molecule has 1 heterocycles. The molecule has 0 fully saturated rings. The summed E-state index contributed by atoms with van der Waals surface area (Å²) >= 11 is 4.40. The lowest BCUT2D eigenvalue weighted by Gasteiger charge is -2.20. The van der Waals surface area contributed by atoms with Crippen molar-refractivity contribution in [1.82, 2.24) is 15.5 Å². The number of nitrogens with one attached hydrogen (secondary N) is 3. The van der Waals surface area contributed by atoms with Crippen LogP contribution in [0, 0.1) is 0 Å². The minimum atomic E-state index is -5.85. The zero-order valence-electron chi connectivity index (χ0n) is 21.5. The van der Waals surface area contributed by atoms with E-state index in [1.165, 1.54) is 12.1 Å². The number of hydrogen-bond donors (Lipinski definition) is 4. The van der Waals surface area contributed by atoms with Crippen molar-refractivity contribution in [3.05, 3.63) is 78.4 Å². The highest BCUT2D eigenvalue weighted by molar-refractivity contribution is 7.81. The Morgan fingerprint density at radius 3 is 2.00 bits per heavy atom. The van der Waals surface area contributed by atoms with Crippen molar-refractivity contribution in [1.29, 1.82) is 0 Å². The first-order chi connectivity index (χ1) is 19.3. The maximum absolute atomic E-state index is 13.1. The first-order valence-corrected chi connectivity index (χ1v) is 12.6. The summed E-state index contributed by atoms with van der Waals surface area (Å²) in [4.78, 5) is 12.4. The molecule has 1 atom stereocenters. The highest BCUT2D eigenvalue weighted by Gasteiger charge is 2.61. The predicted molar refractivity (Wildman–Crippen MR) is 146 cm³/mol. The van der Waals surface area contributed by atoms with E-state index >= 15 is 0 Å². The third kappa shape index (κ3) is 7.45. The van der Waals surface area contributed by atoms with Gasteiger partial charge in [-0.05, 0) is 66.1 Å². The summed E-state index contributed by atoms with van der Waals surface area (Å²) in [5.74, 6) is -0.294. The van der Waals surface area contributed by atoms with Crippen LogP contribution in [0.25, 0.3) is 22.9 Å². The number of anilines is 2. The first kappa shape index (κ1) is 29.6. The van der Waals surface area contributed by atoms with Crippen molar-refractivity contribution in [3.63, 3.8) is 0 Å². The number of carbonyl (C=O) groups excluding carboxylic acids is 1. The number of halogens is 5. The molecule has 1 aromatic heterocycles. The second kappa shape index (κ2) is 12.0. The molecule has 0 radical (unpaired) electrons. The molecule has 1 unspecified atom stereocenters. The van der Waals surface area contributed by atoms with E-state index in [9.17, 15) is 26.7 Å². The van der Waals surface area contributed by atoms with E-state index in [4.69, 9.17) is 4.42 Å². The molecule has 0 bridgehead atoms. The Morgan fingerprint density at radius 1 is 0.878 bits per heavy atom. The Bertz CT molecular complexity index is 1480. The highest BCUT2D eigenvalue weighted by Crippen LogP contribution is 2.37. The van der Waals surface area contributed by atoms with Gasteiger partial charge in [0.2, 0.25) is 11.8 Å². The minimum Gasteiger partial charge on any atom is -0.426 e. The van der Waals surface area contributed by atoms with Crippen LogP contribution in [0.2, 0.25) is 0 Å². The summed E-state index contributed by atoms with van der Waals surface area (Å²) in [5, 5.41) is 16.4. The number of para-hydroxylation sites is 1. The number of thiol groups is 1. The molecule has 4 aromatic rings. The lowest BCUT2D eigenvalue weighted by Crippen LogP contribution is -2.41. The van der Waals surface area contributed by atoms with Crippen LogP contribution in [0.15, 0.2) is 77.2 Å². The van der Waals surface area contributed by atoms with Crippen LogP contribution < -0.4 is 20.7 Å². The summed E-state index contributed by atoms with van der Waals surface area (Å²) in [6, 6.07) is 18.0. The van der Waals surface area contributed by atoms with Gasteiger partial charge in [-0.2, -0.15) is 22.0 Å². The van der Waals surface area contributed by atoms with Gasteiger partial charge >= 0.3 is 18.3 Å². The molecule has 0 aliphatic carbocycles. The molecule has 4 rings (SSSR count). The van der Waals surface area contributed by atoms with Crippen molar-refractivity contribution >= 4 is 30.0 Å². The maximum atomic E-state index is 13.1. The molecule has 41 heavy (non-hydrogen) atoms. The van der Waals surface area contributed by atoms with Crippen LogP contribution in [0.1, 0.15) is 25.3 Å². The van der Waals surface area contributed by atoms with Crippen LogP contribution in [-0.4, -0.2) is 34.0 Å². The van der Waals surface area contributed by atoms with E-state index in [1.54, 1.807) is 24.3 Å². The third-order valence-electron chi connectivity index (χ3n) is 5.63. The topological polar surface area (TPSA) is 101 Å². The van der Waals surface area contributed by atoms with E-state index in [1.807, 2.05) is 24.3 Å². The molecular formula is C27H24F5N5O3S. The van der Waals surface area contributed by atoms with Gasteiger partial charge in [0.05, 0.1) is 0 Å². The van der Waals surface area contributed by atoms with Crippen molar-refractivity contribution in [3.8, 4) is 28.7 Å². The van der Waals surface area contributed by atoms with Crippen LogP contribution in [0.4, 0.5) is 38.1 Å². The van der Waals surface area contributed by atoms with Crippen molar-refractivity contribution < 1.29 is 35.9 Å². The van der Waals surface area contributed by atoms with Gasteiger partial charge in [-0.1, -0.05) is 32.0 Å². The Hall–Kier alpha value is -4.33. The fraction of sp³-hybridized carbons (Fsp3) is 0.222. The molecule has 3 N–H and O–H groups in total. The molecule has 14 heteroatoms. The average molecular weight is 594 g/mol. The van der Waals surface area contributed by atoms with E-state index in [-0.39, 0.29) is 23.3 Å². The minimum absolute atomic E-state index is 0.00192. The van der Waals surface area contributed by atoms with Gasteiger partial charge < -0.3 is 25.1 Å². The molecular weight excluding hydrogens is 569 g/mol. The summed E-state index contributed by atoms with van der Waals surface area (Å²) in [7, 11) is 0. The number of ether oxygens (including phenoxy) is 1. The van der Waals surface area contributed by atoms with Gasteiger partial charge in [-0.25, -0.2) is 4.79 Å². The smallest absolute Gasteiger partial charge is 0.426 e. The van der Waals surface area contributed by atoms with E-state index < -0.39 is 29.6 Å². The summed E-state index contributed by atoms with van der Waals surface area (Å²) in [5.41, 5.74) is 2.54. The lowest BCUT2D eigenvalue weighted by atomic mass is 10.0. The molecule has 216 valence electrons. The summed E-state index contributed by atoms with van der Waals surface area (Å²) in [6.07, 6.45) is -11.2. The summed E-state index contributed by atoms with van der Waals surface area (Å²) in [6.45, 7) is 4.13.